The first-order chi connectivity index (χ1) is 11.5. The van der Waals surface area contributed by atoms with Gasteiger partial charge in [0, 0.05) is 23.8 Å². The lowest BCUT2D eigenvalue weighted by Gasteiger charge is -2.14. The number of hydrogen-bond donors (Lipinski definition) is 2. The lowest BCUT2D eigenvalue weighted by Crippen LogP contribution is -2.18. The third kappa shape index (κ3) is 3.46. The van der Waals surface area contributed by atoms with Gasteiger partial charge >= 0.3 is 0 Å². The molecule has 2 N–H and O–H groups in total. The summed E-state index contributed by atoms with van der Waals surface area (Å²) in [7, 11) is 0. The maximum Gasteiger partial charge on any atom is 0.125 e. The molecule has 0 fully saturated rings. The zero-order valence-electron chi connectivity index (χ0n) is 13.7. The molecule has 5 heteroatoms. The van der Waals surface area contributed by atoms with Gasteiger partial charge in [0.1, 0.15) is 11.6 Å². The molecule has 0 aliphatic carbocycles. The summed E-state index contributed by atoms with van der Waals surface area (Å²) in [6, 6.07) is 13.6. The molecule has 0 bridgehead atoms. The Morgan fingerprint density at radius 1 is 1.21 bits per heavy atom. The Hall–Kier alpha value is -2.66. The van der Waals surface area contributed by atoms with Gasteiger partial charge in [0.15, 0.2) is 0 Å². The predicted octanol–water partition coefficient (Wildman–Crippen LogP) is 3.88. The van der Waals surface area contributed by atoms with Crippen LogP contribution >= 0.6 is 0 Å². The van der Waals surface area contributed by atoms with Gasteiger partial charge in [-0.1, -0.05) is 18.2 Å². The highest BCUT2D eigenvalue weighted by atomic mass is 19.1. The number of aromatic nitrogens is 2. The van der Waals surface area contributed by atoms with Crippen molar-refractivity contribution in [3.05, 3.63) is 77.4 Å². The van der Waals surface area contributed by atoms with Crippen LogP contribution in [0.2, 0.25) is 0 Å². The van der Waals surface area contributed by atoms with E-state index in [-0.39, 0.29) is 17.6 Å². The van der Waals surface area contributed by atoms with E-state index in [4.69, 9.17) is 0 Å². The van der Waals surface area contributed by atoms with E-state index in [1.54, 1.807) is 29.1 Å². The Morgan fingerprint density at radius 2 is 2.00 bits per heavy atom. The van der Waals surface area contributed by atoms with Crippen LogP contribution in [-0.4, -0.2) is 14.9 Å². The largest absolute Gasteiger partial charge is 0.508 e. The smallest absolute Gasteiger partial charge is 0.125 e. The summed E-state index contributed by atoms with van der Waals surface area (Å²) in [5.41, 5.74) is 3.74. The number of benzene rings is 2. The molecular weight excluding hydrogens is 305 g/mol. The lowest BCUT2D eigenvalue weighted by atomic mass is 10.1. The molecule has 124 valence electrons. The van der Waals surface area contributed by atoms with Crippen LogP contribution in [0.3, 0.4) is 0 Å². The van der Waals surface area contributed by atoms with Crippen LogP contribution in [0, 0.1) is 12.7 Å². The number of phenols is 1. The van der Waals surface area contributed by atoms with Gasteiger partial charge in [-0.25, -0.2) is 9.07 Å². The molecule has 0 saturated heterocycles. The quantitative estimate of drug-likeness (QED) is 0.748. The zero-order valence-corrected chi connectivity index (χ0v) is 13.7. The SMILES string of the molecule is Cc1c(C(C)NCc2cccc(O)c2)cnn1-c1cccc(F)c1. The summed E-state index contributed by atoms with van der Waals surface area (Å²) >= 11 is 0. The molecular formula is C19H20FN3O. The molecule has 4 nitrogen and oxygen atoms in total. The van der Waals surface area contributed by atoms with Crippen LogP contribution in [-0.2, 0) is 6.54 Å². The highest BCUT2D eigenvalue weighted by molar-refractivity contribution is 5.36. The molecule has 0 saturated carbocycles. The molecule has 0 amide bonds. The van der Waals surface area contributed by atoms with Crippen LogP contribution < -0.4 is 5.32 Å². The molecule has 1 atom stereocenters. The molecule has 1 unspecified atom stereocenters. The van der Waals surface area contributed by atoms with E-state index in [2.05, 4.69) is 17.3 Å². The van der Waals surface area contributed by atoms with Crippen molar-refractivity contribution < 1.29 is 9.50 Å². The Labute approximate surface area is 140 Å². The lowest BCUT2D eigenvalue weighted by molar-refractivity contribution is 0.473. The van der Waals surface area contributed by atoms with Crippen molar-refractivity contribution in [2.45, 2.75) is 26.4 Å². The summed E-state index contributed by atoms with van der Waals surface area (Å²) in [5.74, 6) is -0.0175. The van der Waals surface area contributed by atoms with Crippen molar-refractivity contribution in [3.63, 3.8) is 0 Å². The van der Waals surface area contributed by atoms with Crippen LogP contribution in [0.5, 0.6) is 5.75 Å². The van der Waals surface area contributed by atoms with Crippen LogP contribution in [0.15, 0.2) is 54.7 Å². The summed E-state index contributed by atoms with van der Waals surface area (Å²) in [4.78, 5) is 0. The number of rotatable bonds is 5. The number of aromatic hydroxyl groups is 1. The van der Waals surface area contributed by atoms with Gasteiger partial charge in [-0.15, -0.1) is 0 Å². The summed E-state index contributed by atoms with van der Waals surface area (Å²) < 4.78 is 15.2. The highest BCUT2D eigenvalue weighted by Gasteiger charge is 2.14. The van der Waals surface area contributed by atoms with Gasteiger partial charge in [-0.2, -0.15) is 5.10 Å². The van der Waals surface area contributed by atoms with Gasteiger partial charge < -0.3 is 10.4 Å². The molecule has 1 heterocycles. The summed E-state index contributed by atoms with van der Waals surface area (Å²) in [6.45, 7) is 4.67. The predicted molar refractivity (Wildman–Crippen MR) is 91.6 cm³/mol. The van der Waals surface area contributed by atoms with Crippen molar-refractivity contribution in [2.75, 3.05) is 0 Å². The molecule has 24 heavy (non-hydrogen) atoms. The van der Waals surface area contributed by atoms with Crippen LogP contribution in [0.1, 0.15) is 29.8 Å². The maximum atomic E-state index is 13.4. The average Bonchev–Trinajstić information content (AvgIpc) is 2.94. The normalized spacial score (nSPS) is 12.3. The third-order valence-electron chi connectivity index (χ3n) is 4.09. The van der Waals surface area contributed by atoms with Gasteiger partial charge in [0.25, 0.3) is 0 Å². The number of nitrogens with zero attached hydrogens (tertiary/aromatic N) is 2. The Balaban J connectivity index is 1.75. The maximum absolute atomic E-state index is 13.4. The Bertz CT molecular complexity index is 844. The van der Waals surface area contributed by atoms with Crippen molar-refractivity contribution in [2.24, 2.45) is 0 Å². The first-order valence-electron chi connectivity index (χ1n) is 7.86. The minimum Gasteiger partial charge on any atom is -0.508 e. The van der Waals surface area contributed by atoms with Gasteiger partial charge in [-0.3, -0.25) is 0 Å². The number of halogens is 1. The minimum atomic E-state index is -0.279. The van der Waals surface area contributed by atoms with E-state index in [0.717, 1.165) is 16.8 Å². The average molecular weight is 325 g/mol. The monoisotopic (exact) mass is 325 g/mol. The second-order valence-electron chi connectivity index (χ2n) is 5.85. The van der Waals surface area contributed by atoms with E-state index < -0.39 is 0 Å². The van der Waals surface area contributed by atoms with Crippen molar-refractivity contribution in [1.29, 1.82) is 0 Å². The summed E-state index contributed by atoms with van der Waals surface area (Å²) in [6.07, 6.45) is 1.81. The molecule has 0 spiro atoms. The van der Waals surface area contributed by atoms with Crippen molar-refractivity contribution in [3.8, 4) is 11.4 Å². The molecule has 0 radical (unpaired) electrons. The first-order valence-corrected chi connectivity index (χ1v) is 7.86. The van der Waals surface area contributed by atoms with Crippen LogP contribution in [0.25, 0.3) is 5.69 Å². The second-order valence-corrected chi connectivity index (χ2v) is 5.85. The Morgan fingerprint density at radius 3 is 2.75 bits per heavy atom. The number of hydrogen-bond acceptors (Lipinski definition) is 3. The minimum absolute atomic E-state index is 0.0784. The van der Waals surface area contributed by atoms with Crippen molar-refractivity contribution >= 4 is 0 Å². The second kappa shape index (κ2) is 6.84. The molecule has 3 aromatic rings. The van der Waals surface area contributed by atoms with Crippen molar-refractivity contribution in [1.82, 2.24) is 15.1 Å². The van der Waals surface area contributed by atoms with Gasteiger partial charge in [0.2, 0.25) is 0 Å². The third-order valence-corrected chi connectivity index (χ3v) is 4.09. The number of nitrogens with one attached hydrogen (secondary N) is 1. The molecule has 1 aromatic heterocycles. The molecule has 3 rings (SSSR count). The zero-order chi connectivity index (χ0) is 17.1. The fraction of sp³-hybridized carbons (Fsp3) is 0.211. The van der Waals surface area contributed by atoms with E-state index in [9.17, 15) is 9.50 Å². The first kappa shape index (κ1) is 16.2. The highest BCUT2D eigenvalue weighted by Crippen LogP contribution is 2.21. The Kier molecular flexibility index (Phi) is 4.62. The fourth-order valence-corrected chi connectivity index (χ4v) is 2.76. The van der Waals surface area contributed by atoms with E-state index >= 15 is 0 Å². The van der Waals surface area contributed by atoms with Gasteiger partial charge in [-0.05, 0) is 49.7 Å². The number of phenolic OH excluding ortho intramolecular Hbond substituents is 1. The summed E-state index contributed by atoms with van der Waals surface area (Å²) in [5, 5.41) is 17.3. The molecule has 0 aliphatic rings. The van der Waals surface area contributed by atoms with E-state index in [0.29, 0.717) is 12.2 Å². The molecule has 0 aliphatic heterocycles. The standard InChI is InChI=1S/C19H20FN3O/c1-13(21-11-15-5-3-8-18(24)9-15)19-12-22-23(14(19)2)17-7-4-6-16(20)10-17/h3-10,12-13,21,24H,11H2,1-2H3. The van der Waals surface area contributed by atoms with E-state index in [1.807, 2.05) is 25.1 Å². The van der Waals surface area contributed by atoms with Crippen LogP contribution in [0.4, 0.5) is 4.39 Å². The molecule has 2 aromatic carbocycles. The topological polar surface area (TPSA) is 50.1 Å². The van der Waals surface area contributed by atoms with E-state index in [1.165, 1.54) is 12.1 Å². The fourth-order valence-electron chi connectivity index (χ4n) is 2.76. The van der Waals surface area contributed by atoms with Gasteiger partial charge in [0.05, 0.1) is 11.9 Å².